The second-order valence-electron chi connectivity index (χ2n) is 7.56. The van der Waals surface area contributed by atoms with Crippen LogP contribution in [0, 0.1) is 12.8 Å². The second-order valence-corrected chi connectivity index (χ2v) is 7.56. The van der Waals surface area contributed by atoms with E-state index in [0.717, 1.165) is 61.2 Å². The molecule has 0 radical (unpaired) electrons. The van der Waals surface area contributed by atoms with Crippen LogP contribution in [0.2, 0.25) is 0 Å². The van der Waals surface area contributed by atoms with E-state index in [2.05, 4.69) is 20.9 Å². The molecule has 2 aliphatic rings. The number of fused-ring (bicyclic) bond motifs is 1. The maximum absolute atomic E-state index is 12.0. The van der Waals surface area contributed by atoms with Crippen LogP contribution in [-0.2, 0) is 4.79 Å². The van der Waals surface area contributed by atoms with Crippen molar-refractivity contribution in [3.63, 3.8) is 0 Å². The zero-order valence-corrected chi connectivity index (χ0v) is 15.8. The lowest BCUT2D eigenvalue weighted by molar-refractivity contribution is -0.117. The molecule has 0 aromatic carbocycles. The first-order valence-corrected chi connectivity index (χ1v) is 9.82. The van der Waals surface area contributed by atoms with E-state index in [9.17, 15) is 4.79 Å². The number of aromatic nitrogens is 3. The van der Waals surface area contributed by atoms with Crippen molar-refractivity contribution in [3.05, 3.63) is 30.2 Å². The van der Waals surface area contributed by atoms with Crippen molar-refractivity contribution in [1.29, 1.82) is 0 Å². The van der Waals surface area contributed by atoms with Gasteiger partial charge in [-0.3, -0.25) is 4.79 Å². The van der Waals surface area contributed by atoms with Crippen LogP contribution < -0.4 is 15.4 Å². The summed E-state index contributed by atoms with van der Waals surface area (Å²) in [5.41, 5.74) is 2.71. The highest BCUT2D eigenvalue weighted by molar-refractivity contribution is 5.93. The first kappa shape index (κ1) is 17.2. The predicted octanol–water partition coefficient (Wildman–Crippen LogP) is 2.78. The fourth-order valence-electron chi connectivity index (χ4n) is 3.61. The van der Waals surface area contributed by atoms with Crippen LogP contribution in [0.3, 0.4) is 0 Å². The molecule has 0 atom stereocenters. The van der Waals surface area contributed by atoms with Gasteiger partial charge in [-0.2, -0.15) is 5.10 Å². The molecule has 1 saturated carbocycles. The quantitative estimate of drug-likeness (QED) is 0.706. The number of ether oxygens (including phenoxy) is 1. The van der Waals surface area contributed by atoms with Crippen molar-refractivity contribution in [2.45, 2.75) is 38.7 Å². The normalized spacial score (nSPS) is 17.8. The van der Waals surface area contributed by atoms with Crippen molar-refractivity contribution >= 4 is 17.2 Å². The highest BCUT2D eigenvalue weighted by Gasteiger charge is 2.30. The number of aryl methyl sites for hydroxylation is 1. The lowest BCUT2D eigenvalue weighted by Crippen LogP contribution is -2.34. The maximum Gasteiger partial charge on any atom is 0.262 e. The first-order chi connectivity index (χ1) is 13.7. The third kappa shape index (κ3) is 3.35. The zero-order valence-electron chi connectivity index (χ0n) is 15.8. The number of piperidine rings is 1. The molecule has 8 nitrogen and oxygen atoms in total. The van der Waals surface area contributed by atoms with Gasteiger partial charge in [-0.1, -0.05) is 0 Å². The molecule has 2 N–H and O–H groups in total. The Kier molecular flexibility index (Phi) is 4.27. The number of pyridine rings is 1. The molecule has 1 saturated heterocycles. The monoisotopic (exact) mass is 381 g/mol. The van der Waals surface area contributed by atoms with Crippen LogP contribution in [0.25, 0.3) is 16.6 Å². The van der Waals surface area contributed by atoms with Gasteiger partial charge in [-0.15, -0.1) is 0 Å². The molecule has 1 amide bonds. The van der Waals surface area contributed by atoms with Crippen molar-refractivity contribution in [3.8, 4) is 17.0 Å². The average molecular weight is 381 g/mol. The highest BCUT2D eigenvalue weighted by atomic mass is 16.5. The van der Waals surface area contributed by atoms with Gasteiger partial charge in [0.05, 0.1) is 11.1 Å². The average Bonchev–Trinajstić information content (AvgIpc) is 3.39. The molecule has 3 aromatic heterocycles. The SMILES string of the molecule is Cc1onc(OC2CCNCC2)c1-c1ccn2nc(NC(=O)C3CC3)cc2c1. The number of rotatable bonds is 5. The van der Waals surface area contributed by atoms with Crippen LogP contribution in [0.1, 0.15) is 31.4 Å². The van der Waals surface area contributed by atoms with Gasteiger partial charge >= 0.3 is 0 Å². The fraction of sp³-hybridized carbons (Fsp3) is 0.450. The number of carbonyl (C=O) groups excluding carboxylic acids is 1. The Hall–Kier alpha value is -2.87. The van der Waals surface area contributed by atoms with E-state index in [4.69, 9.17) is 9.26 Å². The van der Waals surface area contributed by atoms with Crippen LogP contribution in [0.5, 0.6) is 5.88 Å². The van der Waals surface area contributed by atoms with Crippen molar-refractivity contribution in [2.24, 2.45) is 5.92 Å². The molecule has 2 fully saturated rings. The Bertz CT molecular complexity index is 1010. The van der Waals surface area contributed by atoms with Gasteiger partial charge in [0.1, 0.15) is 11.9 Å². The summed E-state index contributed by atoms with van der Waals surface area (Å²) in [5, 5.41) is 14.8. The predicted molar refractivity (Wildman–Crippen MR) is 103 cm³/mol. The fourth-order valence-corrected chi connectivity index (χ4v) is 3.61. The molecule has 0 unspecified atom stereocenters. The molecule has 28 heavy (non-hydrogen) atoms. The van der Waals surface area contributed by atoms with Crippen molar-refractivity contribution < 1.29 is 14.1 Å². The minimum atomic E-state index is 0.0520. The molecule has 3 aromatic rings. The van der Waals surface area contributed by atoms with E-state index in [1.165, 1.54) is 0 Å². The van der Waals surface area contributed by atoms with E-state index in [1.54, 1.807) is 4.52 Å². The number of nitrogens with zero attached hydrogens (tertiary/aromatic N) is 3. The first-order valence-electron chi connectivity index (χ1n) is 9.82. The molecule has 0 bridgehead atoms. The lowest BCUT2D eigenvalue weighted by Gasteiger charge is -2.22. The maximum atomic E-state index is 12.0. The smallest absolute Gasteiger partial charge is 0.262 e. The number of anilines is 1. The van der Waals surface area contributed by atoms with Crippen LogP contribution >= 0.6 is 0 Å². The summed E-state index contributed by atoms with van der Waals surface area (Å²) in [6.45, 7) is 3.79. The van der Waals surface area contributed by atoms with Crippen LogP contribution in [0.15, 0.2) is 28.9 Å². The molecule has 1 aliphatic heterocycles. The van der Waals surface area contributed by atoms with Crippen LogP contribution in [-0.4, -0.2) is 39.9 Å². The van der Waals surface area contributed by atoms with Gasteiger partial charge in [0.2, 0.25) is 5.91 Å². The Morgan fingerprint density at radius 3 is 2.89 bits per heavy atom. The third-order valence-electron chi connectivity index (χ3n) is 5.35. The summed E-state index contributed by atoms with van der Waals surface area (Å²) in [6, 6.07) is 5.84. The summed E-state index contributed by atoms with van der Waals surface area (Å²) in [7, 11) is 0. The molecule has 0 spiro atoms. The molecular formula is C20H23N5O3. The Labute approximate surface area is 162 Å². The molecule has 5 rings (SSSR count). The minimum absolute atomic E-state index is 0.0520. The van der Waals surface area contributed by atoms with E-state index in [0.29, 0.717) is 11.7 Å². The van der Waals surface area contributed by atoms with Gasteiger partial charge < -0.3 is 19.9 Å². The number of hydrogen-bond donors (Lipinski definition) is 2. The van der Waals surface area contributed by atoms with Crippen molar-refractivity contribution in [1.82, 2.24) is 20.1 Å². The summed E-state index contributed by atoms with van der Waals surface area (Å²) in [4.78, 5) is 12.0. The largest absolute Gasteiger partial charge is 0.472 e. The summed E-state index contributed by atoms with van der Waals surface area (Å²) in [6.07, 6.45) is 5.87. The summed E-state index contributed by atoms with van der Waals surface area (Å²) < 4.78 is 13.3. The van der Waals surface area contributed by atoms with E-state index >= 15 is 0 Å². The molecular weight excluding hydrogens is 358 g/mol. The lowest BCUT2D eigenvalue weighted by atomic mass is 10.1. The molecule has 146 valence electrons. The number of nitrogens with one attached hydrogen (secondary N) is 2. The topological polar surface area (TPSA) is 93.7 Å². The van der Waals surface area contributed by atoms with E-state index < -0.39 is 0 Å². The number of carbonyl (C=O) groups is 1. The standard InChI is InChI=1S/C20H23N5O3/c1-12-18(20(24-28-12)27-16-4-7-21-8-5-16)14-6-9-25-15(10-14)11-17(23-25)22-19(26)13-2-3-13/h6,9-11,13,16,21H,2-5,7-8H2,1H3,(H,22,23,26). The van der Waals surface area contributed by atoms with Gasteiger partial charge in [-0.25, -0.2) is 4.52 Å². The van der Waals surface area contributed by atoms with E-state index in [1.807, 2.05) is 31.3 Å². The Morgan fingerprint density at radius 1 is 1.29 bits per heavy atom. The minimum Gasteiger partial charge on any atom is -0.472 e. The summed E-state index contributed by atoms with van der Waals surface area (Å²) >= 11 is 0. The number of amides is 1. The van der Waals surface area contributed by atoms with Gasteiger partial charge in [0.25, 0.3) is 5.88 Å². The number of hydrogen-bond acceptors (Lipinski definition) is 6. The molecule has 8 heteroatoms. The van der Waals surface area contributed by atoms with Gasteiger partial charge in [-0.05, 0) is 68.5 Å². The van der Waals surface area contributed by atoms with Gasteiger partial charge in [0, 0.05) is 18.2 Å². The van der Waals surface area contributed by atoms with Crippen molar-refractivity contribution in [2.75, 3.05) is 18.4 Å². The molecule has 4 heterocycles. The highest BCUT2D eigenvalue weighted by Crippen LogP contribution is 2.35. The molecule has 1 aliphatic carbocycles. The Morgan fingerprint density at radius 2 is 2.11 bits per heavy atom. The van der Waals surface area contributed by atoms with E-state index in [-0.39, 0.29) is 17.9 Å². The Balaban J connectivity index is 1.42. The second kappa shape index (κ2) is 6.94. The zero-order chi connectivity index (χ0) is 19.1. The van der Waals surface area contributed by atoms with Crippen LogP contribution in [0.4, 0.5) is 5.82 Å². The van der Waals surface area contributed by atoms with Gasteiger partial charge in [0.15, 0.2) is 5.82 Å². The summed E-state index contributed by atoms with van der Waals surface area (Å²) in [5.74, 6) is 2.03. The third-order valence-corrected chi connectivity index (χ3v) is 5.35.